The molecule has 1 N–H and O–H groups in total. The molecule has 0 saturated carbocycles. The van der Waals surface area contributed by atoms with Crippen molar-refractivity contribution in [1.29, 1.82) is 0 Å². The van der Waals surface area contributed by atoms with Gasteiger partial charge in [0.15, 0.2) is 23.7 Å². The number of hydrogen-bond donors (Lipinski definition) is 1. The number of nitrogens with one attached hydrogen (secondary N) is 1. The zero-order valence-corrected chi connectivity index (χ0v) is 29.7. The van der Waals surface area contributed by atoms with E-state index in [0.717, 1.165) is 71.1 Å². The summed E-state index contributed by atoms with van der Waals surface area (Å²) in [7, 11) is 0. The van der Waals surface area contributed by atoms with Crippen LogP contribution in [0.2, 0.25) is 0 Å². The molecular formula is C48H30N4OS. The van der Waals surface area contributed by atoms with Crippen molar-refractivity contribution in [1.82, 2.24) is 15.0 Å². The summed E-state index contributed by atoms with van der Waals surface area (Å²) in [5.74, 6) is 2.72. The highest BCUT2D eigenvalue weighted by Gasteiger charge is 2.26. The highest BCUT2D eigenvalue weighted by Crippen LogP contribution is 2.47. The summed E-state index contributed by atoms with van der Waals surface area (Å²) in [5.41, 5.74) is 7.20. The SMILES string of the molecule is c1ccc(-c2cc(-c3nc(-c4ccc5ccccc5c4)nc(-c4cccc5sc6cc7c(cc6c45)OC(c4ccccc4)N7)n3)cc3ccccc23)cc1. The molecule has 0 aliphatic carbocycles. The van der Waals surface area contributed by atoms with Gasteiger partial charge in [-0.3, -0.25) is 0 Å². The first-order chi connectivity index (χ1) is 26.7. The Bertz CT molecular complexity index is 3070. The predicted molar refractivity (Wildman–Crippen MR) is 223 cm³/mol. The second-order valence-corrected chi connectivity index (χ2v) is 14.7. The van der Waals surface area contributed by atoms with Crippen LogP contribution < -0.4 is 10.1 Å². The van der Waals surface area contributed by atoms with Crippen molar-refractivity contribution >= 4 is 58.7 Å². The quantitative estimate of drug-likeness (QED) is 0.193. The Morgan fingerprint density at radius 2 is 1.17 bits per heavy atom. The molecule has 10 aromatic rings. The van der Waals surface area contributed by atoms with Gasteiger partial charge in [0.05, 0.1) is 5.69 Å². The zero-order chi connectivity index (χ0) is 35.6. The highest BCUT2D eigenvalue weighted by atomic mass is 32.1. The van der Waals surface area contributed by atoms with Crippen LogP contribution >= 0.6 is 11.3 Å². The fourth-order valence-corrected chi connectivity index (χ4v) is 8.86. The second kappa shape index (κ2) is 12.4. The van der Waals surface area contributed by atoms with E-state index < -0.39 is 0 Å². The number of aromatic nitrogens is 3. The van der Waals surface area contributed by atoms with Gasteiger partial charge in [0.25, 0.3) is 0 Å². The Labute approximate surface area is 315 Å². The Morgan fingerprint density at radius 1 is 0.463 bits per heavy atom. The lowest BCUT2D eigenvalue weighted by Crippen LogP contribution is -2.09. The van der Waals surface area contributed by atoms with E-state index in [9.17, 15) is 0 Å². The molecule has 5 nitrogen and oxygen atoms in total. The van der Waals surface area contributed by atoms with E-state index in [2.05, 4.69) is 157 Å². The third-order valence-electron chi connectivity index (χ3n) is 10.3. The number of rotatable bonds is 5. The maximum absolute atomic E-state index is 6.49. The number of benzene rings is 8. The van der Waals surface area contributed by atoms with Gasteiger partial charge in [-0.2, -0.15) is 0 Å². The zero-order valence-electron chi connectivity index (χ0n) is 28.9. The van der Waals surface area contributed by atoms with Crippen LogP contribution in [0.5, 0.6) is 5.75 Å². The van der Waals surface area contributed by atoms with E-state index in [1.54, 1.807) is 11.3 Å². The molecular weight excluding hydrogens is 681 g/mol. The Kier molecular flexibility index (Phi) is 7.03. The normalized spacial score (nSPS) is 13.7. The van der Waals surface area contributed by atoms with Crippen LogP contribution in [0.4, 0.5) is 5.69 Å². The molecule has 0 radical (unpaired) electrons. The number of fused-ring (bicyclic) bond motifs is 6. The molecule has 1 atom stereocenters. The molecule has 0 bridgehead atoms. The van der Waals surface area contributed by atoms with Crippen LogP contribution in [-0.2, 0) is 0 Å². The van der Waals surface area contributed by atoms with Crippen molar-refractivity contribution in [3.63, 3.8) is 0 Å². The van der Waals surface area contributed by atoms with Crippen LogP contribution in [0, 0.1) is 0 Å². The van der Waals surface area contributed by atoms with Gasteiger partial charge in [0.1, 0.15) is 5.75 Å². The molecule has 254 valence electrons. The molecule has 54 heavy (non-hydrogen) atoms. The van der Waals surface area contributed by atoms with Crippen molar-refractivity contribution in [2.24, 2.45) is 0 Å². The minimum Gasteiger partial charge on any atom is -0.464 e. The summed E-state index contributed by atoms with van der Waals surface area (Å²) >= 11 is 1.77. The molecule has 8 aromatic carbocycles. The van der Waals surface area contributed by atoms with Gasteiger partial charge in [-0.05, 0) is 69.1 Å². The number of nitrogens with zero attached hydrogens (tertiary/aromatic N) is 3. The first-order valence-corrected chi connectivity index (χ1v) is 18.9. The molecule has 0 saturated heterocycles. The van der Waals surface area contributed by atoms with Crippen LogP contribution in [-0.4, -0.2) is 15.0 Å². The maximum Gasteiger partial charge on any atom is 0.196 e. The number of anilines is 1. The Morgan fingerprint density at radius 3 is 2.02 bits per heavy atom. The van der Waals surface area contributed by atoms with Gasteiger partial charge < -0.3 is 10.1 Å². The van der Waals surface area contributed by atoms with E-state index >= 15 is 0 Å². The van der Waals surface area contributed by atoms with Gasteiger partial charge in [-0.15, -0.1) is 11.3 Å². The smallest absolute Gasteiger partial charge is 0.196 e. The minimum absolute atomic E-state index is 0.234. The minimum atomic E-state index is -0.234. The Hall–Kier alpha value is -6.89. The first-order valence-electron chi connectivity index (χ1n) is 18.0. The van der Waals surface area contributed by atoms with Crippen molar-refractivity contribution in [3.8, 4) is 51.0 Å². The molecule has 0 fully saturated rings. The van der Waals surface area contributed by atoms with Gasteiger partial charge in [-0.1, -0.05) is 133 Å². The molecule has 3 heterocycles. The third kappa shape index (κ3) is 5.18. The molecule has 0 spiro atoms. The monoisotopic (exact) mass is 710 g/mol. The van der Waals surface area contributed by atoms with Crippen molar-refractivity contribution in [2.45, 2.75) is 6.23 Å². The molecule has 1 unspecified atom stereocenters. The molecule has 1 aliphatic heterocycles. The topological polar surface area (TPSA) is 59.9 Å². The summed E-state index contributed by atoms with van der Waals surface area (Å²) in [4.78, 5) is 15.8. The summed E-state index contributed by atoms with van der Waals surface area (Å²) in [5, 5.41) is 10.4. The third-order valence-corrected chi connectivity index (χ3v) is 11.4. The van der Waals surface area contributed by atoms with E-state index in [1.807, 2.05) is 18.2 Å². The van der Waals surface area contributed by atoms with Gasteiger partial charge in [0.2, 0.25) is 0 Å². The van der Waals surface area contributed by atoms with Crippen molar-refractivity contribution < 1.29 is 4.74 Å². The second-order valence-electron chi connectivity index (χ2n) is 13.7. The van der Waals surface area contributed by atoms with E-state index in [4.69, 9.17) is 19.7 Å². The van der Waals surface area contributed by atoms with Gasteiger partial charge in [0, 0.05) is 42.4 Å². The average Bonchev–Trinajstić information content (AvgIpc) is 3.83. The predicted octanol–water partition coefficient (Wildman–Crippen LogP) is 12.7. The summed E-state index contributed by atoms with van der Waals surface area (Å²) in [6.07, 6.45) is -0.234. The summed E-state index contributed by atoms with van der Waals surface area (Å²) in [6, 6.07) is 59.4. The van der Waals surface area contributed by atoms with Crippen LogP contribution in [0.15, 0.2) is 170 Å². The number of ether oxygens (including phenoxy) is 1. The Balaban J connectivity index is 1.12. The van der Waals surface area contributed by atoms with Crippen LogP contribution in [0.1, 0.15) is 11.8 Å². The lowest BCUT2D eigenvalue weighted by atomic mass is 9.95. The summed E-state index contributed by atoms with van der Waals surface area (Å²) in [6.45, 7) is 0. The molecule has 2 aromatic heterocycles. The standard InChI is InChI=1S/C48H30N4OS/c1-3-13-30(14-4-1)38-26-35(25-33-18-9-10-19-36(33)38)46-50-45(34-23-22-29-12-7-8-17-32(29)24-34)51-47(52-46)37-20-11-21-42-44(37)39-27-41-40(28-43(39)54-42)49-48(53-41)31-15-5-2-6-16-31/h1-28,48-49H. The summed E-state index contributed by atoms with van der Waals surface area (Å²) < 4.78 is 8.83. The van der Waals surface area contributed by atoms with Crippen molar-refractivity contribution in [3.05, 3.63) is 175 Å². The number of thiophene rings is 1. The first kappa shape index (κ1) is 30.7. The molecule has 6 heteroatoms. The lowest BCUT2D eigenvalue weighted by molar-refractivity contribution is 0.260. The van der Waals surface area contributed by atoms with Crippen molar-refractivity contribution in [2.75, 3.05) is 5.32 Å². The molecule has 1 aliphatic rings. The van der Waals surface area contributed by atoms with Crippen LogP contribution in [0.3, 0.4) is 0 Å². The maximum atomic E-state index is 6.49. The average molecular weight is 711 g/mol. The van der Waals surface area contributed by atoms with E-state index in [0.29, 0.717) is 17.5 Å². The van der Waals surface area contributed by atoms with E-state index in [1.165, 1.54) is 15.5 Å². The van der Waals surface area contributed by atoms with Gasteiger partial charge >= 0.3 is 0 Å². The molecule has 11 rings (SSSR count). The van der Waals surface area contributed by atoms with Gasteiger partial charge in [-0.25, -0.2) is 15.0 Å². The fourth-order valence-electron chi connectivity index (χ4n) is 7.70. The fraction of sp³-hybridized carbons (Fsp3) is 0.0208. The van der Waals surface area contributed by atoms with E-state index in [-0.39, 0.29) is 6.23 Å². The number of hydrogen-bond acceptors (Lipinski definition) is 6. The van der Waals surface area contributed by atoms with Crippen LogP contribution in [0.25, 0.3) is 87.0 Å². The molecule has 0 amide bonds. The lowest BCUT2D eigenvalue weighted by Gasteiger charge is -2.13. The highest BCUT2D eigenvalue weighted by molar-refractivity contribution is 7.26. The largest absolute Gasteiger partial charge is 0.464 e.